The molecule has 0 aromatic rings. The van der Waals surface area contributed by atoms with Gasteiger partial charge in [0, 0.05) is 6.04 Å². The minimum absolute atomic E-state index is 0. The molecule has 1 unspecified atom stereocenters. The molecule has 0 heterocycles. The van der Waals surface area contributed by atoms with Crippen molar-refractivity contribution in [1.29, 1.82) is 5.26 Å². The van der Waals surface area contributed by atoms with Gasteiger partial charge in [-0.15, -0.1) is 0 Å². The summed E-state index contributed by atoms with van der Waals surface area (Å²) >= 11 is 0. The smallest absolute Gasteiger partial charge is 0.0638 e. The van der Waals surface area contributed by atoms with E-state index in [9.17, 15) is 0 Å². The van der Waals surface area contributed by atoms with Gasteiger partial charge in [0.2, 0.25) is 0 Å². The van der Waals surface area contributed by atoms with Gasteiger partial charge in [0.05, 0.1) is 12.5 Å². The van der Waals surface area contributed by atoms with E-state index in [-0.39, 0.29) is 30.0 Å². The topological polar surface area (TPSA) is 49.8 Å². The van der Waals surface area contributed by atoms with Crippen molar-refractivity contribution in [1.82, 2.24) is 0 Å². The van der Waals surface area contributed by atoms with E-state index in [1.54, 1.807) is 0 Å². The average molecular weight is 225 g/mol. The summed E-state index contributed by atoms with van der Waals surface area (Å²) in [4.78, 5) is 0. The number of nitrogens with zero attached hydrogens (tertiary/aromatic N) is 1. The first kappa shape index (κ1) is 11.0. The van der Waals surface area contributed by atoms with Crippen LogP contribution in [0, 0.1) is 11.3 Å². The third-order valence-electron chi connectivity index (χ3n) is 0.878. The summed E-state index contributed by atoms with van der Waals surface area (Å²) in [6.45, 7) is 1.97. The van der Waals surface area contributed by atoms with Gasteiger partial charge in [0.1, 0.15) is 0 Å². The molecule has 0 bridgehead atoms. The van der Waals surface area contributed by atoms with Crippen LogP contribution >= 0.6 is 0 Å². The largest absolute Gasteiger partial charge is 1.00 e. The van der Waals surface area contributed by atoms with Crippen LogP contribution in [0.3, 0.4) is 0 Å². The number of nitriles is 1. The maximum atomic E-state index is 8.04. The Morgan fingerprint density at radius 2 is 2.25 bits per heavy atom. The van der Waals surface area contributed by atoms with Crippen LogP contribution in [-0.2, 0) is 0 Å². The van der Waals surface area contributed by atoms with Crippen molar-refractivity contribution in [2.75, 3.05) is 0 Å². The van der Waals surface area contributed by atoms with Gasteiger partial charge in [0.15, 0.2) is 0 Å². The third-order valence-corrected chi connectivity index (χ3v) is 0.878. The van der Waals surface area contributed by atoms with Gasteiger partial charge in [-0.05, 0) is 6.42 Å². The zero-order chi connectivity index (χ0) is 5.70. The third kappa shape index (κ3) is 6.18. The zero-order valence-corrected chi connectivity index (χ0v) is 7.05. The Bertz CT molecular complexity index is 77.0. The maximum Gasteiger partial charge on any atom is 0.0638 e. The number of nitrogens with two attached hydrogens (primary N) is 1. The van der Waals surface area contributed by atoms with E-state index in [1.807, 2.05) is 13.0 Å². The fourth-order valence-electron chi connectivity index (χ4n) is 0.262. The fourth-order valence-corrected chi connectivity index (χ4v) is 0.262. The molecular weight excluding hydrogens is 215 g/mol. The van der Waals surface area contributed by atoms with Crippen LogP contribution < -0.4 is 29.7 Å². The Morgan fingerprint density at radius 3 is 2.38 bits per heavy atom. The van der Waals surface area contributed by atoms with Crippen LogP contribution in [-0.4, -0.2) is 6.04 Å². The van der Waals surface area contributed by atoms with Crippen molar-refractivity contribution in [2.24, 2.45) is 5.73 Å². The molecule has 3 heteroatoms. The Kier molecular flexibility index (Phi) is 9.91. The zero-order valence-electron chi connectivity index (χ0n) is 4.89. The molecule has 0 aliphatic carbocycles. The summed E-state index contributed by atoms with van der Waals surface area (Å²) in [7, 11) is 0. The van der Waals surface area contributed by atoms with Gasteiger partial charge in [-0.3, -0.25) is 0 Å². The minimum atomic E-state index is 0. The molecule has 48 valence electrons. The number of hydrogen-bond donors (Lipinski definition) is 1. The van der Waals surface area contributed by atoms with Crippen molar-refractivity contribution < 1.29 is 24.0 Å². The van der Waals surface area contributed by atoms with Gasteiger partial charge in [-0.25, -0.2) is 0 Å². The summed E-state index contributed by atoms with van der Waals surface area (Å²) in [5, 5.41) is 8.04. The lowest BCUT2D eigenvalue weighted by molar-refractivity contribution is -0.00000202. The predicted octanol–water partition coefficient (Wildman–Crippen LogP) is -2.36. The summed E-state index contributed by atoms with van der Waals surface area (Å²) < 4.78 is 0. The van der Waals surface area contributed by atoms with Crippen molar-refractivity contribution >= 4 is 0 Å². The van der Waals surface area contributed by atoms with Gasteiger partial charge >= 0.3 is 0 Å². The molecular formula is C5H10IN2-. The fraction of sp³-hybridized carbons (Fsp3) is 0.800. The van der Waals surface area contributed by atoms with E-state index in [1.165, 1.54) is 0 Å². The van der Waals surface area contributed by atoms with E-state index in [0.717, 1.165) is 6.42 Å². The van der Waals surface area contributed by atoms with Crippen LogP contribution in [0.1, 0.15) is 19.8 Å². The van der Waals surface area contributed by atoms with E-state index in [4.69, 9.17) is 11.0 Å². The van der Waals surface area contributed by atoms with E-state index < -0.39 is 0 Å². The van der Waals surface area contributed by atoms with E-state index in [0.29, 0.717) is 6.42 Å². The first-order chi connectivity index (χ1) is 3.31. The molecule has 0 fully saturated rings. The molecule has 0 aliphatic rings. The molecule has 0 radical (unpaired) electrons. The molecule has 0 saturated heterocycles. The lowest BCUT2D eigenvalue weighted by Gasteiger charge is -1.97. The Morgan fingerprint density at radius 1 is 1.75 bits per heavy atom. The minimum Gasteiger partial charge on any atom is -1.00 e. The van der Waals surface area contributed by atoms with Crippen molar-refractivity contribution in [3.8, 4) is 6.07 Å². The molecule has 0 saturated carbocycles. The van der Waals surface area contributed by atoms with Crippen LogP contribution in [0.25, 0.3) is 0 Å². The normalized spacial score (nSPS) is 11.1. The van der Waals surface area contributed by atoms with Crippen molar-refractivity contribution in [3.63, 3.8) is 0 Å². The SMILES string of the molecule is CCC(N)CC#N.[I-]. The van der Waals surface area contributed by atoms with Crippen molar-refractivity contribution in [3.05, 3.63) is 0 Å². The van der Waals surface area contributed by atoms with Crippen LogP contribution in [0.4, 0.5) is 0 Å². The number of hydrogen-bond acceptors (Lipinski definition) is 2. The quantitative estimate of drug-likeness (QED) is 0.534. The molecule has 1 atom stereocenters. The summed E-state index contributed by atoms with van der Waals surface area (Å²) in [6, 6.07) is 2.08. The monoisotopic (exact) mass is 225 g/mol. The molecule has 8 heavy (non-hydrogen) atoms. The molecule has 0 aromatic carbocycles. The van der Waals surface area contributed by atoms with Crippen molar-refractivity contribution in [2.45, 2.75) is 25.8 Å². The molecule has 0 spiro atoms. The molecule has 0 aromatic heterocycles. The highest BCUT2D eigenvalue weighted by atomic mass is 127. The second-order valence-corrected chi connectivity index (χ2v) is 1.53. The van der Waals surface area contributed by atoms with Gasteiger partial charge in [-0.1, -0.05) is 6.92 Å². The molecule has 2 nitrogen and oxygen atoms in total. The Balaban J connectivity index is 0. The highest BCUT2D eigenvalue weighted by Crippen LogP contribution is 1.88. The average Bonchev–Trinajstić information content (AvgIpc) is 1.68. The Hall–Kier alpha value is 0.180. The highest BCUT2D eigenvalue weighted by Gasteiger charge is 1.93. The van der Waals surface area contributed by atoms with Gasteiger partial charge in [0.25, 0.3) is 0 Å². The first-order valence-corrected chi connectivity index (χ1v) is 2.43. The highest BCUT2D eigenvalue weighted by molar-refractivity contribution is 4.76. The maximum absolute atomic E-state index is 8.04. The first-order valence-electron chi connectivity index (χ1n) is 2.43. The lowest BCUT2D eigenvalue weighted by atomic mass is 10.2. The lowest BCUT2D eigenvalue weighted by Crippen LogP contribution is -3.00. The summed E-state index contributed by atoms with van der Waals surface area (Å²) in [5.74, 6) is 0. The van der Waals surface area contributed by atoms with E-state index in [2.05, 4.69) is 0 Å². The molecule has 2 N–H and O–H groups in total. The summed E-state index contributed by atoms with van der Waals surface area (Å²) in [6.07, 6.45) is 1.38. The second kappa shape index (κ2) is 7.18. The molecule has 0 amide bonds. The summed E-state index contributed by atoms with van der Waals surface area (Å²) in [5.41, 5.74) is 5.36. The second-order valence-electron chi connectivity index (χ2n) is 1.53. The van der Waals surface area contributed by atoms with E-state index >= 15 is 0 Å². The van der Waals surface area contributed by atoms with Crippen LogP contribution in [0.5, 0.6) is 0 Å². The Labute approximate surface area is 67.1 Å². The van der Waals surface area contributed by atoms with Gasteiger partial charge < -0.3 is 29.7 Å². The number of halogens is 1. The molecule has 0 rings (SSSR count). The van der Waals surface area contributed by atoms with Crippen LogP contribution in [0.15, 0.2) is 0 Å². The number of rotatable bonds is 2. The van der Waals surface area contributed by atoms with Crippen LogP contribution in [0.2, 0.25) is 0 Å². The molecule has 0 aliphatic heterocycles. The van der Waals surface area contributed by atoms with Gasteiger partial charge in [-0.2, -0.15) is 5.26 Å². The standard InChI is InChI=1S/C5H10N2.HI/c1-2-5(7)3-4-6;/h5H,2-3,7H2,1H3;1H/p-1. The predicted molar refractivity (Wildman–Crippen MR) is 28.5 cm³/mol.